The normalized spacial score (nSPS) is 18.6. The highest BCUT2D eigenvalue weighted by atomic mass is 19.1. The van der Waals surface area contributed by atoms with Crippen molar-refractivity contribution in [3.8, 4) is 17.2 Å². The van der Waals surface area contributed by atoms with E-state index < -0.39 is 6.17 Å². The summed E-state index contributed by atoms with van der Waals surface area (Å²) in [5.41, 5.74) is 5.41. The van der Waals surface area contributed by atoms with Gasteiger partial charge in [0.05, 0.1) is 11.6 Å². The number of nitrogens with zero attached hydrogens (tertiary/aromatic N) is 1. The molecule has 0 amide bonds. The number of unbranched alkanes of at least 4 members (excludes halogenated alkanes) is 2. The highest BCUT2D eigenvalue weighted by molar-refractivity contribution is 5.91. The molecule has 0 saturated heterocycles. The summed E-state index contributed by atoms with van der Waals surface area (Å²) in [4.78, 5) is 0. The molecule has 1 nitrogen and oxygen atoms in total. The molecule has 142 valence electrons. The average Bonchev–Trinajstić information content (AvgIpc) is 2.74. The molecule has 0 N–H and O–H groups in total. The Kier molecular flexibility index (Phi) is 5.44. The molecule has 0 bridgehead atoms. The molecule has 1 aliphatic rings. The lowest BCUT2D eigenvalue weighted by atomic mass is 9.78. The van der Waals surface area contributed by atoms with Crippen LogP contribution in [0.4, 0.5) is 4.39 Å². The monoisotopic (exact) mass is 371 g/mol. The van der Waals surface area contributed by atoms with Crippen LogP contribution in [0.15, 0.2) is 54.6 Å². The van der Waals surface area contributed by atoms with Gasteiger partial charge in [0.25, 0.3) is 0 Å². The number of hydrogen-bond acceptors (Lipinski definition) is 1. The van der Waals surface area contributed by atoms with E-state index in [1.807, 2.05) is 24.3 Å². The molecular formula is C26H26FN. The Morgan fingerprint density at radius 1 is 0.964 bits per heavy atom. The SMILES string of the molecule is CCCCC[C@H]1Cc2ccc3cc(-c4ccc(C#N)cc4)ccc3c2C[C@@H]1F. The first-order chi connectivity index (χ1) is 13.7. The molecule has 0 fully saturated rings. The van der Waals surface area contributed by atoms with Gasteiger partial charge in [0.15, 0.2) is 0 Å². The third-order valence-corrected chi connectivity index (χ3v) is 6.15. The highest BCUT2D eigenvalue weighted by Gasteiger charge is 2.29. The summed E-state index contributed by atoms with van der Waals surface area (Å²) >= 11 is 0. The van der Waals surface area contributed by atoms with Crippen molar-refractivity contribution in [2.24, 2.45) is 5.92 Å². The first kappa shape index (κ1) is 18.7. The van der Waals surface area contributed by atoms with E-state index in [2.05, 4.69) is 43.3 Å². The van der Waals surface area contributed by atoms with E-state index in [9.17, 15) is 4.39 Å². The first-order valence-electron chi connectivity index (χ1n) is 10.4. The standard InChI is InChI=1S/C26H26FN/c1-2-3-4-5-23-15-22-11-10-21-14-20(19-8-6-18(17-28)7-9-19)12-13-24(21)25(22)16-26(23)27/h6-14,23,26H,2-5,15-16H2,1H3/t23-,26-/m0/s1. The number of benzene rings is 3. The van der Waals surface area contributed by atoms with E-state index in [1.165, 1.54) is 29.4 Å². The first-order valence-corrected chi connectivity index (χ1v) is 10.4. The van der Waals surface area contributed by atoms with Crippen molar-refractivity contribution in [1.29, 1.82) is 5.26 Å². The van der Waals surface area contributed by atoms with Crippen LogP contribution < -0.4 is 0 Å². The molecule has 0 radical (unpaired) electrons. The van der Waals surface area contributed by atoms with Crippen molar-refractivity contribution in [1.82, 2.24) is 0 Å². The number of halogens is 1. The Bertz CT molecular complexity index is 1010. The fourth-order valence-electron chi connectivity index (χ4n) is 4.50. The van der Waals surface area contributed by atoms with E-state index in [-0.39, 0.29) is 5.92 Å². The Balaban J connectivity index is 1.63. The maximum absolute atomic E-state index is 14.9. The quantitative estimate of drug-likeness (QED) is 0.442. The van der Waals surface area contributed by atoms with Gasteiger partial charge in [0.1, 0.15) is 6.17 Å². The van der Waals surface area contributed by atoms with Crippen molar-refractivity contribution in [3.63, 3.8) is 0 Å². The number of alkyl halides is 1. The summed E-state index contributed by atoms with van der Waals surface area (Å²) in [5.74, 6) is 0.175. The van der Waals surface area contributed by atoms with E-state index >= 15 is 0 Å². The fraction of sp³-hybridized carbons (Fsp3) is 0.346. The van der Waals surface area contributed by atoms with Crippen LogP contribution in [0.1, 0.15) is 49.3 Å². The van der Waals surface area contributed by atoms with Gasteiger partial charge in [-0.05, 0) is 70.0 Å². The second kappa shape index (κ2) is 8.15. The summed E-state index contributed by atoms with van der Waals surface area (Å²) in [6.45, 7) is 2.20. The van der Waals surface area contributed by atoms with Crippen LogP contribution in [0, 0.1) is 17.2 Å². The molecule has 0 unspecified atom stereocenters. The largest absolute Gasteiger partial charge is 0.247 e. The van der Waals surface area contributed by atoms with Gasteiger partial charge >= 0.3 is 0 Å². The van der Waals surface area contributed by atoms with Crippen LogP contribution in [-0.4, -0.2) is 6.17 Å². The van der Waals surface area contributed by atoms with E-state index in [4.69, 9.17) is 5.26 Å². The summed E-state index contributed by atoms with van der Waals surface area (Å²) < 4.78 is 14.9. The Morgan fingerprint density at radius 2 is 1.75 bits per heavy atom. The summed E-state index contributed by atoms with van der Waals surface area (Å²) in [7, 11) is 0. The van der Waals surface area contributed by atoms with Gasteiger partial charge in [-0.15, -0.1) is 0 Å². The minimum absolute atomic E-state index is 0.175. The van der Waals surface area contributed by atoms with Crippen molar-refractivity contribution in [2.75, 3.05) is 0 Å². The lowest BCUT2D eigenvalue weighted by Crippen LogP contribution is -2.27. The molecule has 2 atom stereocenters. The number of fused-ring (bicyclic) bond motifs is 3. The van der Waals surface area contributed by atoms with Gasteiger partial charge in [-0.3, -0.25) is 0 Å². The van der Waals surface area contributed by atoms with Crippen LogP contribution >= 0.6 is 0 Å². The van der Waals surface area contributed by atoms with Gasteiger partial charge in [0, 0.05) is 6.42 Å². The molecule has 0 spiro atoms. The Morgan fingerprint density at radius 3 is 2.50 bits per heavy atom. The zero-order valence-electron chi connectivity index (χ0n) is 16.4. The maximum Gasteiger partial charge on any atom is 0.107 e. The van der Waals surface area contributed by atoms with Crippen molar-refractivity contribution in [2.45, 2.75) is 51.6 Å². The van der Waals surface area contributed by atoms with E-state index in [0.29, 0.717) is 12.0 Å². The summed E-state index contributed by atoms with van der Waals surface area (Å²) in [6.07, 6.45) is 5.21. The molecule has 3 aromatic carbocycles. The highest BCUT2D eigenvalue weighted by Crippen LogP contribution is 2.36. The lowest BCUT2D eigenvalue weighted by molar-refractivity contribution is 0.199. The molecule has 2 heteroatoms. The van der Waals surface area contributed by atoms with Crippen LogP contribution in [0.3, 0.4) is 0 Å². The lowest BCUT2D eigenvalue weighted by Gasteiger charge is -2.29. The zero-order valence-corrected chi connectivity index (χ0v) is 16.4. The van der Waals surface area contributed by atoms with E-state index in [1.54, 1.807) is 0 Å². The molecule has 4 rings (SSSR count). The van der Waals surface area contributed by atoms with Crippen LogP contribution in [0.25, 0.3) is 21.9 Å². The van der Waals surface area contributed by atoms with Gasteiger partial charge in [-0.25, -0.2) is 4.39 Å². The topological polar surface area (TPSA) is 23.8 Å². The molecule has 3 aromatic rings. The predicted molar refractivity (Wildman–Crippen MR) is 114 cm³/mol. The molecule has 28 heavy (non-hydrogen) atoms. The summed E-state index contributed by atoms with van der Waals surface area (Å²) in [6, 6.07) is 20.6. The second-order valence-electron chi connectivity index (χ2n) is 8.01. The molecule has 0 saturated carbocycles. The molecule has 1 aliphatic carbocycles. The minimum Gasteiger partial charge on any atom is -0.247 e. The molecule has 0 heterocycles. The number of nitriles is 1. The molecular weight excluding hydrogens is 345 g/mol. The maximum atomic E-state index is 14.9. The zero-order chi connectivity index (χ0) is 19.5. The minimum atomic E-state index is -0.729. The van der Waals surface area contributed by atoms with Crippen LogP contribution in [0.5, 0.6) is 0 Å². The average molecular weight is 371 g/mol. The summed E-state index contributed by atoms with van der Waals surface area (Å²) in [5, 5.41) is 11.3. The van der Waals surface area contributed by atoms with Crippen molar-refractivity contribution in [3.05, 3.63) is 71.3 Å². The third-order valence-electron chi connectivity index (χ3n) is 6.15. The van der Waals surface area contributed by atoms with Gasteiger partial charge in [0.2, 0.25) is 0 Å². The van der Waals surface area contributed by atoms with E-state index in [0.717, 1.165) is 35.8 Å². The molecule has 0 aliphatic heterocycles. The van der Waals surface area contributed by atoms with Gasteiger partial charge < -0.3 is 0 Å². The van der Waals surface area contributed by atoms with Gasteiger partial charge in [-0.2, -0.15) is 5.26 Å². The fourth-order valence-corrected chi connectivity index (χ4v) is 4.50. The number of rotatable bonds is 5. The van der Waals surface area contributed by atoms with Crippen LogP contribution in [0.2, 0.25) is 0 Å². The number of hydrogen-bond donors (Lipinski definition) is 0. The molecule has 0 aromatic heterocycles. The van der Waals surface area contributed by atoms with Gasteiger partial charge in [-0.1, -0.05) is 62.6 Å². The third kappa shape index (κ3) is 3.67. The van der Waals surface area contributed by atoms with Crippen molar-refractivity contribution >= 4 is 10.8 Å². The smallest absolute Gasteiger partial charge is 0.107 e. The Labute approximate surface area is 166 Å². The predicted octanol–water partition coefficient (Wildman–Crippen LogP) is 7.01. The Hall–Kier alpha value is -2.66. The van der Waals surface area contributed by atoms with Crippen molar-refractivity contribution < 1.29 is 4.39 Å². The van der Waals surface area contributed by atoms with Crippen LogP contribution in [-0.2, 0) is 12.8 Å². The second-order valence-corrected chi connectivity index (χ2v) is 8.01.